The summed E-state index contributed by atoms with van der Waals surface area (Å²) in [7, 11) is 0. The van der Waals surface area contributed by atoms with Gasteiger partial charge in [0.05, 0.1) is 18.8 Å². The van der Waals surface area contributed by atoms with Crippen molar-refractivity contribution >= 4 is 0 Å². The van der Waals surface area contributed by atoms with E-state index in [0.29, 0.717) is 23.5 Å². The SMILES string of the molecule is CCC(O)COC1C2(C)CCC(C2)C1(C)C. The molecule has 0 aromatic rings. The van der Waals surface area contributed by atoms with E-state index in [1.54, 1.807) is 0 Å². The van der Waals surface area contributed by atoms with Gasteiger partial charge in [-0.2, -0.15) is 0 Å². The van der Waals surface area contributed by atoms with E-state index in [9.17, 15) is 5.11 Å². The maximum absolute atomic E-state index is 9.62. The molecule has 4 unspecified atom stereocenters. The molecule has 2 heteroatoms. The van der Waals surface area contributed by atoms with E-state index < -0.39 is 0 Å². The van der Waals surface area contributed by atoms with Gasteiger partial charge >= 0.3 is 0 Å². The van der Waals surface area contributed by atoms with Gasteiger partial charge in [0, 0.05) is 0 Å². The summed E-state index contributed by atoms with van der Waals surface area (Å²) < 4.78 is 6.06. The maximum atomic E-state index is 9.62. The largest absolute Gasteiger partial charge is 0.391 e. The number of aliphatic hydroxyl groups is 1. The van der Waals surface area contributed by atoms with Crippen LogP contribution >= 0.6 is 0 Å². The van der Waals surface area contributed by atoms with Crippen molar-refractivity contribution < 1.29 is 9.84 Å². The molecular weight excluding hydrogens is 200 g/mol. The fourth-order valence-corrected chi connectivity index (χ4v) is 4.00. The summed E-state index contributed by atoms with van der Waals surface area (Å²) >= 11 is 0. The van der Waals surface area contributed by atoms with Gasteiger partial charge in [0.1, 0.15) is 0 Å². The second-order valence-electron chi connectivity index (χ2n) is 6.69. The van der Waals surface area contributed by atoms with Crippen molar-refractivity contribution in [2.45, 2.75) is 65.6 Å². The Hall–Kier alpha value is -0.0800. The summed E-state index contributed by atoms with van der Waals surface area (Å²) in [5.74, 6) is 0.821. The van der Waals surface area contributed by atoms with E-state index in [2.05, 4.69) is 20.8 Å². The third kappa shape index (κ3) is 1.80. The molecule has 2 saturated carbocycles. The summed E-state index contributed by atoms with van der Waals surface area (Å²) in [6, 6.07) is 0. The number of ether oxygens (including phenoxy) is 1. The molecule has 0 spiro atoms. The minimum Gasteiger partial charge on any atom is -0.391 e. The van der Waals surface area contributed by atoms with Gasteiger partial charge in [0.25, 0.3) is 0 Å². The van der Waals surface area contributed by atoms with Gasteiger partial charge in [-0.05, 0) is 42.4 Å². The minimum absolute atomic E-state index is 0.292. The lowest BCUT2D eigenvalue weighted by Gasteiger charge is -2.42. The molecule has 0 heterocycles. The van der Waals surface area contributed by atoms with E-state index in [0.717, 1.165) is 12.3 Å². The number of fused-ring (bicyclic) bond motifs is 2. The molecule has 2 aliphatic carbocycles. The van der Waals surface area contributed by atoms with Crippen molar-refractivity contribution in [3.8, 4) is 0 Å². The normalized spacial score (nSPS) is 42.6. The fourth-order valence-electron chi connectivity index (χ4n) is 4.00. The van der Waals surface area contributed by atoms with Crippen LogP contribution in [0.15, 0.2) is 0 Å². The van der Waals surface area contributed by atoms with Crippen molar-refractivity contribution in [3.05, 3.63) is 0 Å². The highest BCUT2D eigenvalue weighted by Crippen LogP contribution is 2.63. The Bertz CT molecular complexity index is 257. The van der Waals surface area contributed by atoms with Crippen LogP contribution in [-0.4, -0.2) is 23.9 Å². The molecule has 2 fully saturated rings. The zero-order valence-electron chi connectivity index (χ0n) is 11.1. The molecule has 0 aliphatic heterocycles. The lowest BCUT2D eigenvalue weighted by Crippen LogP contribution is -2.43. The summed E-state index contributed by atoms with van der Waals surface area (Å²) in [6.45, 7) is 9.55. The molecule has 0 aromatic heterocycles. The van der Waals surface area contributed by atoms with Crippen molar-refractivity contribution in [1.82, 2.24) is 0 Å². The van der Waals surface area contributed by atoms with Crippen LogP contribution < -0.4 is 0 Å². The lowest BCUT2D eigenvalue weighted by molar-refractivity contribution is -0.110. The summed E-state index contributed by atoms with van der Waals surface area (Å²) in [6.07, 6.45) is 4.80. The van der Waals surface area contributed by atoms with Gasteiger partial charge in [-0.25, -0.2) is 0 Å². The minimum atomic E-state index is -0.293. The van der Waals surface area contributed by atoms with Gasteiger partial charge in [0.15, 0.2) is 0 Å². The van der Waals surface area contributed by atoms with Crippen LogP contribution in [-0.2, 0) is 4.74 Å². The van der Waals surface area contributed by atoms with Crippen LogP contribution in [0.4, 0.5) is 0 Å². The van der Waals surface area contributed by atoms with Crippen molar-refractivity contribution in [2.75, 3.05) is 6.61 Å². The summed E-state index contributed by atoms with van der Waals surface area (Å²) in [5.41, 5.74) is 0.655. The molecule has 4 atom stereocenters. The van der Waals surface area contributed by atoms with E-state index in [1.807, 2.05) is 6.92 Å². The molecule has 0 aromatic carbocycles. The summed E-state index contributed by atoms with van der Waals surface area (Å²) in [5, 5.41) is 9.62. The third-order valence-corrected chi connectivity index (χ3v) is 5.06. The quantitative estimate of drug-likeness (QED) is 0.798. The Morgan fingerprint density at radius 1 is 1.38 bits per heavy atom. The number of hydrogen-bond acceptors (Lipinski definition) is 2. The Morgan fingerprint density at radius 2 is 2.06 bits per heavy atom. The zero-order chi connectivity index (χ0) is 12.0. The van der Waals surface area contributed by atoms with Crippen LogP contribution in [0.25, 0.3) is 0 Å². The number of hydrogen-bond donors (Lipinski definition) is 1. The monoisotopic (exact) mass is 226 g/mol. The molecular formula is C14H26O2. The Balaban J connectivity index is 2.02. The number of rotatable bonds is 4. The van der Waals surface area contributed by atoms with Crippen LogP contribution in [0.2, 0.25) is 0 Å². The Labute approximate surface area is 99.4 Å². The van der Waals surface area contributed by atoms with E-state index in [-0.39, 0.29) is 6.10 Å². The van der Waals surface area contributed by atoms with E-state index in [4.69, 9.17) is 4.74 Å². The standard InChI is InChI=1S/C14H26O2/c1-5-11(15)9-16-12-13(2,3)10-6-7-14(12,4)8-10/h10-12,15H,5-9H2,1-4H3. The first-order valence-corrected chi connectivity index (χ1v) is 6.70. The highest BCUT2D eigenvalue weighted by molar-refractivity contribution is 5.09. The third-order valence-electron chi connectivity index (χ3n) is 5.06. The average molecular weight is 226 g/mol. The first-order valence-electron chi connectivity index (χ1n) is 6.70. The molecule has 2 rings (SSSR count). The Morgan fingerprint density at radius 3 is 2.56 bits per heavy atom. The molecule has 2 nitrogen and oxygen atoms in total. The average Bonchev–Trinajstić information content (AvgIpc) is 2.68. The molecule has 16 heavy (non-hydrogen) atoms. The summed E-state index contributed by atoms with van der Waals surface area (Å²) in [4.78, 5) is 0. The first-order chi connectivity index (χ1) is 7.40. The highest BCUT2D eigenvalue weighted by atomic mass is 16.5. The second-order valence-corrected chi connectivity index (χ2v) is 6.69. The van der Waals surface area contributed by atoms with Gasteiger partial charge in [-0.3, -0.25) is 0 Å². The zero-order valence-corrected chi connectivity index (χ0v) is 11.1. The Kier molecular flexibility index (Phi) is 3.09. The number of aliphatic hydroxyl groups excluding tert-OH is 1. The molecule has 0 saturated heterocycles. The fraction of sp³-hybridized carbons (Fsp3) is 1.00. The molecule has 94 valence electrons. The lowest BCUT2D eigenvalue weighted by atomic mass is 9.70. The molecule has 2 bridgehead atoms. The van der Waals surface area contributed by atoms with Gasteiger partial charge < -0.3 is 9.84 Å². The molecule has 1 N–H and O–H groups in total. The van der Waals surface area contributed by atoms with Crippen molar-refractivity contribution in [2.24, 2.45) is 16.7 Å². The highest BCUT2D eigenvalue weighted by Gasteiger charge is 2.60. The van der Waals surface area contributed by atoms with E-state index >= 15 is 0 Å². The van der Waals surface area contributed by atoms with Gasteiger partial charge in [-0.15, -0.1) is 0 Å². The van der Waals surface area contributed by atoms with Crippen LogP contribution in [0.3, 0.4) is 0 Å². The molecule has 2 aliphatic rings. The van der Waals surface area contributed by atoms with Crippen LogP contribution in [0, 0.1) is 16.7 Å². The van der Waals surface area contributed by atoms with Crippen molar-refractivity contribution in [3.63, 3.8) is 0 Å². The smallest absolute Gasteiger partial charge is 0.0771 e. The topological polar surface area (TPSA) is 29.5 Å². The van der Waals surface area contributed by atoms with Crippen LogP contribution in [0.5, 0.6) is 0 Å². The maximum Gasteiger partial charge on any atom is 0.0771 e. The van der Waals surface area contributed by atoms with Gasteiger partial charge in [-0.1, -0.05) is 27.7 Å². The second kappa shape index (κ2) is 3.99. The predicted molar refractivity (Wildman–Crippen MR) is 65.3 cm³/mol. The van der Waals surface area contributed by atoms with Crippen LogP contribution in [0.1, 0.15) is 53.4 Å². The van der Waals surface area contributed by atoms with Gasteiger partial charge in [0.2, 0.25) is 0 Å². The first kappa shape index (κ1) is 12.4. The van der Waals surface area contributed by atoms with E-state index in [1.165, 1.54) is 19.3 Å². The molecule has 0 amide bonds. The van der Waals surface area contributed by atoms with Crippen molar-refractivity contribution in [1.29, 1.82) is 0 Å². The predicted octanol–water partition coefficient (Wildman–Crippen LogP) is 2.99. The molecule has 0 radical (unpaired) electrons.